The molecule has 0 aromatic heterocycles. The number of benzene rings is 1. The van der Waals surface area contributed by atoms with Crippen molar-refractivity contribution in [1.29, 1.82) is 0 Å². The van der Waals surface area contributed by atoms with Crippen molar-refractivity contribution in [2.75, 3.05) is 19.6 Å². The molecule has 0 atom stereocenters. The first kappa shape index (κ1) is 12.4. The fraction of sp³-hybridized carbons (Fsp3) is 0.500. The molecule has 2 nitrogen and oxygen atoms in total. The Hall–Kier alpha value is -0.0300. The second kappa shape index (κ2) is 5.54. The molecule has 4 heteroatoms. The molecule has 0 radical (unpaired) electrons. The summed E-state index contributed by atoms with van der Waals surface area (Å²) >= 11 is 5.39. The second-order valence-corrected chi connectivity index (χ2v) is 6.65. The van der Waals surface area contributed by atoms with Crippen molar-refractivity contribution in [3.8, 4) is 0 Å². The van der Waals surface area contributed by atoms with Crippen LogP contribution in [0.25, 0.3) is 0 Å². The molecule has 1 saturated heterocycles. The minimum Gasteiger partial charge on any atom is -0.329 e. The Morgan fingerprint density at radius 2 is 1.88 bits per heavy atom. The molecule has 1 fully saturated rings. The molecule has 0 saturated carbocycles. The summed E-state index contributed by atoms with van der Waals surface area (Å²) in [7, 11) is 0. The maximum absolute atomic E-state index is 5.96. The highest BCUT2D eigenvalue weighted by atomic mass is 79.9. The zero-order valence-corrected chi connectivity index (χ0v) is 11.6. The minimum absolute atomic E-state index is 0.235. The Kier molecular flexibility index (Phi) is 4.30. The van der Waals surface area contributed by atoms with E-state index in [1.54, 1.807) is 0 Å². The van der Waals surface area contributed by atoms with Gasteiger partial charge in [0.1, 0.15) is 0 Å². The lowest BCUT2D eigenvalue weighted by Gasteiger charge is -2.36. The van der Waals surface area contributed by atoms with E-state index in [1.807, 2.05) is 11.8 Å². The summed E-state index contributed by atoms with van der Waals surface area (Å²) in [6.45, 7) is 2.93. The van der Waals surface area contributed by atoms with Gasteiger partial charge in [0.15, 0.2) is 0 Å². The van der Waals surface area contributed by atoms with E-state index in [0.29, 0.717) is 0 Å². The second-order valence-electron chi connectivity index (χ2n) is 4.19. The van der Waals surface area contributed by atoms with Gasteiger partial charge in [-0.3, -0.25) is 0 Å². The molecule has 1 aliphatic rings. The average Bonchev–Trinajstić information content (AvgIpc) is 2.33. The van der Waals surface area contributed by atoms with Crippen LogP contribution >= 0.6 is 27.7 Å². The highest BCUT2D eigenvalue weighted by Gasteiger charge is 2.31. The smallest absolute Gasteiger partial charge is 0.0353 e. The SMILES string of the molecule is NCC1(Sc2ccc(Br)cc2)CCNCC1. The van der Waals surface area contributed by atoms with Crippen LogP contribution in [0.2, 0.25) is 0 Å². The van der Waals surface area contributed by atoms with Crippen molar-refractivity contribution in [3.63, 3.8) is 0 Å². The summed E-state index contributed by atoms with van der Waals surface area (Å²) in [5, 5.41) is 3.39. The lowest BCUT2D eigenvalue weighted by Crippen LogP contribution is -2.44. The molecule has 0 bridgehead atoms. The molecule has 2 rings (SSSR count). The van der Waals surface area contributed by atoms with Gasteiger partial charge in [-0.25, -0.2) is 0 Å². The predicted molar refractivity (Wildman–Crippen MR) is 73.9 cm³/mol. The first-order valence-corrected chi connectivity index (χ1v) is 7.20. The number of piperidine rings is 1. The van der Waals surface area contributed by atoms with E-state index < -0.39 is 0 Å². The van der Waals surface area contributed by atoms with Crippen LogP contribution in [0, 0.1) is 0 Å². The van der Waals surface area contributed by atoms with Gasteiger partial charge < -0.3 is 11.1 Å². The maximum atomic E-state index is 5.96. The molecule has 0 aliphatic carbocycles. The van der Waals surface area contributed by atoms with Gasteiger partial charge in [-0.15, -0.1) is 11.8 Å². The summed E-state index contributed by atoms with van der Waals surface area (Å²) in [6.07, 6.45) is 2.31. The zero-order valence-electron chi connectivity index (χ0n) is 9.21. The monoisotopic (exact) mass is 300 g/mol. The third kappa shape index (κ3) is 3.00. The first-order valence-electron chi connectivity index (χ1n) is 5.59. The molecule has 3 N–H and O–H groups in total. The third-order valence-electron chi connectivity index (χ3n) is 3.03. The van der Waals surface area contributed by atoms with Crippen LogP contribution in [0.5, 0.6) is 0 Å². The Labute approximate surface area is 109 Å². The van der Waals surface area contributed by atoms with E-state index in [4.69, 9.17) is 5.73 Å². The van der Waals surface area contributed by atoms with Gasteiger partial charge in [-0.05, 0) is 50.2 Å². The van der Waals surface area contributed by atoms with Gasteiger partial charge in [0, 0.05) is 20.7 Å². The van der Waals surface area contributed by atoms with Crippen LogP contribution in [-0.2, 0) is 0 Å². The molecule has 1 aromatic carbocycles. The molecule has 1 aliphatic heterocycles. The lowest BCUT2D eigenvalue weighted by atomic mass is 9.97. The number of hydrogen-bond acceptors (Lipinski definition) is 3. The fourth-order valence-electron chi connectivity index (χ4n) is 1.98. The Morgan fingerprint density at radius 3 is 2.44 bits per heavy atom. The number of nitrogens with two attached hydrogens (primary N) is 1. The Morgan fingerprint density at radius 1 is 1.25 bits per heavy atom. The number of hydrogen-bond donors (Lipinski definition) is 2. The Balaban J connectivity index is 2.08. The van der Waals surface area contributed by atoms with Crippen molar-refractivity contribution in [3.05, 3.63) is 28.7 Å². The van der Waals surface area contributed by atoms with E-state index >= 15 is 0 Å². The molecule has 88 valence electrons. The molecule has 1 aromatic rings. The fourth-order valence-corrected chi connectivity index (χ4v) is 3.51. The highest BCUT2D eigenvalue weighted by Crippen LogP contribution is 2.38. The topological polar surface area (TPSA) is 38.0 Å². The highest BCUT2D eigenvalue weighted by molar-refractivity contribution is 9.10. The van der Waals surface area contributed by atoms with Crippen molar-refractivity contribution < 1.29 is 0 Å². The summed E-state index contributed by atoms with van der Waals surface area (Å²) in [5.74, 6) is 0. The summed E-state index contributed by atoms with van der Waals surface area (Å²) < 4.78 is 1.36. The average molecular weight is 301 g/mol. The molecule has 0 spiro atoms. The molecular weight excluding hydrogens is 284 g/mol. The van der Waals surface area contributed by atoms with Gasteiger partial charge in [0.25, 0.3) is 0 Å². The van der Waals surface area contributed by atoms with Gasteiger partial charge in [0.05, 0.1) is 0 Å². The van der Waals surface area contributed by atoms with Crippen LogP contribution in [0.3, 0.4) is 0 Å². The van der Waals surface area contributed by atoms with Crippen molar-refractivity contribution >= 4 is 27.7 Å². The van der Waals surface area contributed by atoms with Crippen molar-refractivity contribution in [2.45, 2.75) is 22.5 Å². The van der Waals surface area contributed by atoms with Gasteiger partial charge in [0.2, 0.25) is 0 Å². The van der Waals surface area contributed by atoms with Crippen molar-refractivity contribution in [1.82, 2.24) is 5.32 Å². The molecule has 16 heavy (non-hydrogen) atoms. The summed E-state index contributed by atoms with van der Waals surface area (Å²) in [5.41, 5.74) is 5.96. The van der Waals surface area contributed by atoms with Crippen LogP contribution in [0.1, 0.15) is 12.8 Å². The molecule has 0 unspecified atom stereocenters. The van der Waals surface area contributed by atoms with Crippen molar-refractivity contribution in [2.24, 2.45) is 5.73 Å². The maximum Gasteiger partial charge on any atom is 0.0353 e. The number of halogens is 1. The standard InChI is InChI=1S/C12H17BrN2S/c13-10-1-3-11(4-2-10)16-12(9-14)5-7-15-8-6-12/h1-4,15H,5-9,14H2. The minimum atomic E-state index is 0.235. The normalized spacial score (nSPS) is 19.6. The van der Waals surface area contributed by atoms with E-state index in [1.165, 1.54) is 4.90 Å². The lowest BCUT2D eigenvalue weighted by molar-refractivity contribution is 0.420. The zero-order chi connectivity index (χ0) is 11.4. The van der Waals surface area contributed by atoms with E-state index in [2.05, 4.69) is 45.5 Å². The summed E-state index contributed by atoms with van der Waals surface area (Å²) in [6, 6.07) is 8.50. The molecule has 1 heterocycles. The largest absolute Gasteiger partial charge is 0.329 e. The predicted octanol–water partition coefficient (Wildman–Crippen LogP) is 2.62. The van der Waals surface area contributed by atoms with Crippen LogP contribution in [-0.4, -0.2) is 24.4 Å². The number of thioether (sulfide) groups is 1. The van der Waals surface area contributed by atoms with E-state index in [0.717, 1.165) is 36.9 Å². The van der Waals surface area contributed by atoms with Gasteiger partial charge in [-0.2, -0.15) is 0 Å². The van der Waals surface area contributed by atoms with Gasteiger partial charge >= 0.3 is 0 Å². The number of nitrogens with one attached hydrogen (secondary N) is 1. The van der Waals surface area contributed by atoms with Crippen LogP contribution in [0.15, 0.2) is 33.6 Å². The Bertz CT molecular complexity index is 333. The number of rotatable bonds is 3. The van der Waals surface area contributed by atoms with E-state index in [9.17, 15) is 0 Å². The van der Waals surface area contributed by atoms with Gasteiger partial charge in [-0.1, -0.05) is 15.9 Å². The molecule has 0 amide bonds. The third-order valence-corrected chi connectivity index (χ3v) is 5.08. The van der Waals surface area contributed by atoms with E-state index in [-0.39, 0.29) is 4.75 Å². The van der Waals surface area contributed by atoms with Crippen LogP contribution in [0.4, 0.5) is 0 Å². The molecular formula is C12H17BrN2S. The first-order chi connectivity index (χ1) is 7.74. The quantitative estimate of drug-likeness (QED) is 0.901. The van der Waals surface area contributed by atoms with Crippen LogP contribution < -0.4 is 11.1 Å². The summed E-state index contributed by atoms with van der Waals surface area (Å²) in [4.78, 5) is 1.32.